The van der Waals surface area contributed by atoms with Crippen LogP contribution in [-0.4, -0.2) is 4.98 Å². The van der Waals surface area contributed by atoms with Crippen LogP contribution in [0.25, 0.3) is 11.1 Å². The van der Waals surface area contributed by atoms with Crippen molar-refractivity contribution in [1.82, 2.24) is 4.98 Å². The fourth-order valence-corrected chi connectivity index (χ4v) is 2.37. The van der Waals surface area contributed by atoms with Crippen molar-refractivity contribution < 1.29 is 0 Å². The highest BCUT2D eigenvalue weighted by Gasteiger charge is 2.05. The molecule has 1 aliphatic carbocycles. The minimum Gasteiger partial charge on any atom is -0.245 e. The van der Waals surface area contributed by atoms with Crippen molar-refractivity contribution in [2.24, 2.45) is 0 Å². The van der Waals surface area contributed by atoms with Crippen molar-refractivity contribution in [3.8, 4) is 0 Å². The molecule has 1 aromatic heterocycles. The number of hydrogen-bond donors (Lipinski definition) is 0. The Morgan fingerprint density at radius 3 is 2.73 bits per heavy atom. The van der Waals surface area contributed by atoms with E-state index in [1.165, 1.54) is 33.9 Å². The van der Waals surface area contributed by atoms with Crippen LogP contribution in [0.3, 0.4) is 0 Å². The molecule has 11 heavy (non-hydrogen) atoms. The van der Waals surface area contributed by atoms with Crippen molar-refractivity contribution in [1.29, 1.82) is 0 Å². The topological polar surface area (TPSA) is 12.9 Å². The van der Waals surface area contributed by atoms with Gasteiger partial charge >= 0.3 is 0 Å². The van der Waals surface area contributed by atoms with Crippen molar-refractivity contribution in [2.75, 3.05) is 0 Å². The van der Waals surface area contributed by atoms with Crippen LogP contribution in [0.2, 0.25) is 0 Å². The number of fused-ring (bicyclic) bond motifs is 1. The molecule has 0 unspecified atom stereocenters. The van der Waals surface area contributed by atoms with E-state index in [0.29, 0.717) is 0 Å². The molecule has 0 saturated carbocycles. The van der Waals surface area contributed by atoms with Gasteiger partial charge in [0.05, 0.1) is 15.4 Å². The molecule has 0 aliphatic heterocycles. The van der Waals surface area contributed by atoms with Gasteiger partial charge < -0.3 is 0 Å². The van der Waals surface area contributed by atoms with Gasteiger partial charge in [-0.2, -0.15) is 0 Å². The molecule has 0 atom stereocenters. The summed E-state index contributed by atoms with van der Waals surface area (Å²) in [4.78, 5) is 4.35. The summed E-state index contributed by atoms with van der Waals surface area (Å²) >= 11 is 1.77. The molecule has 0 N–H and O–H groups in total. The van der Waals surface area contributed by atoms with Gasteiger partial charge in [-0.05, 0) is 32.3 Å². The number of nitrogens with zero attached hydrogens (tertiary/aromatic N) is 1. The van der Waals surface area contributed by atoms with Gasteiger partial charge in [0.1, 0.15) is 0 Å². The Balaban J connectivity index is 2.95. The molecule has 0 fully saturated rings. The summed E-state index contributed by atoms with van der Waals surface area (Å²) in [6.45, 7) is 4.40. The van der Waals surface area contributed by atoms with Crippen LogP contribution in [0.5, 0.6) is 0 Å². The van der Waals surface area contributed by atoms with Crippen LogP contribution in [0.4, 0.5) is 0 Å². The molecule has 1 aliphatic rings. The maximum atomic E-state index is 4.35. The van der Waals surface area contributed by atoms with Crippen LogP contribution in [0.1, 0.15) is 26.7 Å². The molecule has 0 bridgehead atoms. The van der Waals surface area contributed by atoms with E-state index in [2.05, 4.69) is 18.8 Å². The van der Waals surface area contributed by atoms with Crippen LogP contribution in [0.15, 0.2) is 5.51 Å². The molecule has 1 heterocycles. The van der Waals surface area contributed by atoms with Crippen molar-refractivity contribution in [2.45, 2.75) is 26.7 Å². The van der Waals surface area contributed by atoms with E-state index in [1.54, 1.807) is 11.3 Å². The minimum absolute atomic E-state index is 1.20. The van der Waals surface area contributed by atoms with Crippen LogP contribution in [0, 0.1) is 0 Å². The molecule has 0 radical (unpaired) electrons. The minimum atomic E-state index is 1.20. The zero-order valence-corrected chi connectivity index (χ0v) is 7.66. The molecular formula is C9H11NS. The summed E-state index contributed by atoms with van der Waals surface area (Å²) in [7, 11) is 0. The lowest BCUT2D eigenvalue weighted by molar-refractivity contribution is 1.01. The lowest BCUT2D eigenvalue weighted by Gasteiger charge is -2.05. The lowest BCUT2D eigenvalue weighted by Crippen LogP contribution is -2.28. The van der Waals surface area contributed by atoms with E-state index in [-0.39, 0.29) is 0 Å². The van der Waals surface area contributed by atoms with E-state index in [4.69, 9.17) is 0 Å². The predicted molar refractivity (Wildman–Crippen MR) is 48.8 cm³/mol. The molecule has 58 valence electrons. The summed E-state index contributed by atoms with van der Waals surface area (Å²) in [5.41, 5.74) is 4.91. The molecular weight excluding hydrogens is 154 g/mol. The standard InChI is InChI=1S/C9H11NS/c1-6-3-4-7(2)9-8(6)10-5-11-9/h5H,3-4H2,1-2H3. The SMILES string of the molecule is CC1=c2ncsc2=C(C)CC1. The smallest absolute Gasteiger partial charge is 0.0805 e. The molecule has 0 amide bonds. The monoisotopic (exact) mass is 165 g/mol. The Bertz CT molecular complexity index is 349. The van der Waals surface area contributed by atoms with Gasteiger partial charge in [0.15, 0.2) is 0 Å². The molecule has 0 aromatic carbocycles. The van der Waals surface area contributed by atoms with Gasteiger partial charge in [0, 0.05) is 0 Å². The first-order valence-corrected chi connectivity index (χ1v) is 4.76. The number of rotatable bonds is 0. The summed E-state index contributed by atoms with van der Waals surface area (Å²) < 4.78 is 1.41. The quantitative estimate of drug-likeness (QED) is 0.564. The number of thiazole rings is 1. The maximum absolute atomic E-state index is 4.35. The fraction of sp³-hybridized carbons (Fsp3) is 0.444. The number of hydrogen-bond acceptors (Lipinski definition) is 2. The van der Waals surface area contributed by atoms with Crippen molar-refractivity contribution >= 4 is 22.5 Å². The summed E-state index contributed by atoms with van der Waals surface area (Å²) in [5.74, 6) is 0. The van der Waals surface area contributed by atoms with Gasteiger partial charge in [-0.1, -0.05) is 5.57 Å². The van der Waals surface area contributed by atoms with Gasteiger partial charge in [-0.3, -0.25) is 0 Å². The highest BCUT2D eigenvalue weighted by Crippen LogP contribution is 2.12. The first kappa shape index (κ1) is 7.04. The summed E-state index contributed by atoms with van der Waals surface area (Å²) in [6.07, 6.45) is 2.42. The maximum Gasteiger partial charge on any atom is 0.0805 e. The fourth-order valence-electron chi connectivity index (χ4n) is 1.46. The Hall–Kier alpha value is -0.630. The van der Waals surface area contributed by atoms with Crippen LogP contribution in [-0.2, 0) is 0 Å². The third-order valence-corrected chi connectivity index (χ3v) is 3.22. The molecule has 0 spiro atoms. The molecule has 2 rings (SSSR count). The average molecular weight is 165 g/mol. The average Bonchev–Trinajstić information content (AvgIpc) is 2.45. The highest BCUT2D eigenvalue weighted by atomic mass is 32.1. The Labute approximate surface area is 70.1 Å². The van der Waals surface area contributed by atoms with Gasteiger partial charge in [0.25, 0.3) is 0 Å². The number of aromatic nitrogens is 1. The van der Waals surface area contributed by atoms with Gasteiger partial charge in [-0.15, -0.1) is 11.3 Å². The zero-order chi connectivity index (χ0) is 7.84. The van der Waals surface area contributed by atoms with Gasteiger partial charge in [0.2, 0.25) is 0 Å². The third-order valence-electron chi connectivity index (χ3n) is 2.23. The highest BCUT2D eigenvalue weighted by molar-refractivity contribution is 7.07. The van der Waals surface area contributed by atoms with Gasteiger partial charge in [-0.25, -0.2) is 4.98 Å². The normalized spacial score (nSPS) is 16.9. The second-order valence-corrected chi connectivity index (χ2v) is 3.95. The van der Waals surface area contributed by atoms with Crippen LogP contribution >= 0.6 is 11.3 Å². The van der Waals surface area contributed by atoms with Crippen LogP contribution < -0.4 is 9.88 Å². The van der Waals surface area contributed by atoms with Crippen molar-refractivity contribution in [3.63, 3.8) is 0 Å². The summed E-state index contributed by atoms with van der Waals surface area (Å²) in [6, 6.07) is 0. The van der Waals surface area contributed by atoms with E-state index >= 15 is 0 Å². The second kappa shape index (κ2) is 2.45. The first-order chi connectivity index (χ1) is 5.29. The summed E-state index contributed by atoms with van der Waals surface area (Å²) in [5, 5.41) is 1.25. The van der Waals surface area contributed by atoms with Crippen molar-refractivity contribution in [3.05, 3.63) is 15.4 Å². The van der Waals surface area contributed by atoms with E-state index < -0.39 is 0 Å². The molecule has 1 nitrogen and oxygen atoms in total. The second-order valence-electron chi connectivity index (χ2n) is 3.09. The van der Waals surface area contributed by atoms with E-state index in [0.717, 1.165) is 0 Å². The van der Waals surface area contributed by atoms with E-state index in [1.807, 2.05) is 5.51 Å². The third kappa shape index (κ3) is 1.02. The molecule has 0 saturated heterocycles. The largest absolute Gasteiger partial charge is 0.245 e. The molecule has 1 aromatic rings. The Morgan fingerprint density at radius 2 is 2.00 bits per heavy atom. The molecule has 2 heteroatoms. The first-order valence-electron chi connectivity index (χ1n) is 3.88. The predicted octanol–water partition coefficient (Wildman–Crippen LogP) is 1.28. The Morgan fingerprint density at radius 1 is 1.27 bits per heavy atom. The Kier molecular flexibility index (Phi) is 1.57. The zero-order valence-electron chi connectivity index (χ0n) is 6.85. The lowest BCUT2D eigenvalue weighted by atomic mass is 10.0. The van der Waals surface area contributed by atoms with E-state index in [9.17, 15) is 0 Å².